The SMILES string of the molecule is Cc1csc(N2C(C(=O)O)CC3CCCCC32)n1. The summed E-state index contributed by atoms with van der Waals surface area (Å²) in [6, 6.07) is 0.0223. The van der Waals surface area contributed by atoms with E-state index in [1.165, 1.54) is 19.3 Å². The van der Waals surface area contributed by atoms with Crippen LogP contribution in [-0.4, -0.2) is 28.1 Å². The molecule has 1 saturated heterocycles. The first-order chi connectivity index (χ1) is 8.66. The number of fused-ring (bicyclic) bond motifs is 1. The van der Waals surface area contributed by atoms with Gasteiger partial charge in [-0.05, 0) is 32.1 Å². The van der Waals surface area contributed by atoms with Gasteiger partial charge in [-0.1, -0.05) is 12.8 Å². The predicted molar refractivity (Wildman–Crippen MR) is 71.1 cm³/mol. The predicted octanol–water partition coefficient (Wildman–Crippen LogP) is 2.67. The van der Waals surface area contributed by atoms with Gasteiger partial charge in [0.1, 0.15) is 6.04 Å². The van der Waals surface area contributed by atoms with Crippen LogP contribution in [0, 0.1) is 12.8 Å². The Balaban J connectivity index is 1.94. The van der Waals surface area contributed by atoms with Gasteiger partial charge in [0.25, 0.3) is 0 Å². The van der Waals surface area contributed by atoms with Crippen molar-refractivity contribution in [3.8, 4) is 0 Å². The van der Waals surface area contributed by atoms with Crippen molar-refractivity contribution in [1.82, 2.24) is 4.98 Å². The lowest BCUT2D eigenvalue weighted by Gasteiger charge is -2.32. The van der Waals surface area contributed by atoms with E-state index in [4.69, 9.17) is 0 Å². The van der Waals surface area contributed by atoms with E-state index in [-0.39, 0.29) is 6.04 Å². The number of aryl methyl sites for hydroxylation is 1. The molecule has 4 nitrogen and oxygen atoms in total. The minimum atomic E-state index is -0.697. The van der Waals surface area contributed by atoms with E-state index < -0.39 is 5.97 Å². The maximum Gasteiger partial charge on any atom is 0.326 e. The van der Waals surface area contributed by atoms with Gasteiger partial charge >= 0.3 is 5.97 Å². The van der Waals surface area contributed by atoms with Crippen molar-refractivity contribution in [1.29, 1.82) is 0 Å². The number of anilines is 1. The second-order valence-electron chi connectivity index (χ2n) is 5.38. The Morgan fingerprint density at radius 2 is 2.28 bits per heavy atom. The molecule has 18 heavy (non-hydrogen) atoms. The maximum absolute atomic E-state index is 11.5. The Hall–Kier alpha value is -1.10. The molecule has 5 heteroatoms. The number of carbonyl (C=O) groups is 1. The van der Waals surface area contributed by atoms with Crippen molar-refractivity contribution < 1.29 is 9.90 Å². The number of hydrogen-bond donors (Lipinski definition) is 1. The van der Waals surface area contributed by atoms with Gasteiger partial charge in [0.05, 0.1) is 5.69 Å². The number of carboxylic acid groups (broad SMARTS) is 1. The van der Waals surface area contributed by atoms with Crippen molar-refractivity contribution in [3.63, 3.8) is 0 Å². The van der Waals surface area contributed by atoms with E-state index >= 15 is 0 Å². The lowest BCUT2D eigenvalue weighted by atomic mass is 9.85. The number of aromatic nitrogens is 1. The third-order valence-electron chi connectivity index (χ3n) is 4.20. The van der Waals surface area contributed by atoms with Crippen LogP contribution in [0.25, 0.3) is 0 Å². The molecule has 2 aliphatic rings. The number of nitrogens with zero attached hydrogens (tertiary/aromatic N) is 2. The summed E-state index contributed by atoms with van der Waals surface area (Å²) >= 11 is 1.58. The number of rotatable bonds is 2. The Kier molecular flexibility index (Phi) is 3.01. The van der Waals surface area contributed by atoms with Crippen LogP contribution in [0.15, 0.2) is 5.38 Å². The van der Waals surface area contributed by atoms with Gasteiger partial charge in [-0.15, -0.1) is 11.3 Å². The molecule has 1 saturated carbocycles. The Bertz CT molecular complexity index is 460. The van der Waals surface area contributed by atoms with Crippen LogP contribution >= 0.6 is 11.3 Å². The number of thiazole rings is 1. The molecule has 1 N–H and O–H groups in total. The van der Waals surface area contributed by atoms with Gasteiger partial charge in [0, 0.05) is 11.4 Å². The second kappa shape index (κ2) is 4.53. The van der Waals surface area contributed by atoms with Gasteiger partial charge < -0.3 is 10.0 Å². The van der Waals surface area contributed by atoms with Crippen molar-refractivity contribution in [2.45, 2.75) is 51.1 Å². The van der Waals surface area contributed by atoms with Gasteiger partial charge in [-0.3, -0.25) is 0 Å². The van der Waals surface area contributed by atoms with Crippen LogP contribution in [0.3, 0.4) is 0 Å². The highest BCUT2D eigenvalue weighted by molar-refractivity contribution is 7.13. The standard InChI is InChI=1S/C13H18N2O2S/c1-8-7-18-13(14-8)15-10-5-3-2-4-9(10)6-11(15)12(16)17/h7,9-11H,2-6H2,1H3,(H,16,17). The summed E-state index contributed by atoms with van der Waals surface area (Å²) in [5.41, 5.74) is 0.985. The Morgan fingerprint density at radius 1 is 1.50 bits per heavy atom. The van der Waals surface area contributed by atoms with Crippen molar-refractivity contribution in [3.05, 3.63) is 11.1 Å². The zero-order chi connectivity index (χ0) is 12.7. The third-order valence-corrected chi connectivity index (χ3v) is 5.17. The summed E-state index contributed by atoms with van der Waals surface area (Å²) in [6.45, 7) is 1.96. The maximum atomic E-state index is 11.5. The van der Waals surface area contributed by atoms with E-state index in [1.54, 1.807) is 11.3 Å². The highest BCUT2D eigenvalue weighted by Crippen LogP contribution is 2.43. The fraction of sp³-hybridized carbons (Fsp3) is 0.692. The highest BCUT2D eigenvalue weighted by Gasteiger charge is 2.46. The fourth-order valence-corrected chi connectivity index (χ4v) is 4.33. The Morgan fingerprint density at radius 3 is 2.94 bits per heavy atom. The molecule has 1 aliphatic carbocycles. The topological polar surface area (TPSA) is 53.4 Å². The average molecular weight is 266 g/mol. The molecule has 3 atom stereocenters. The molecule has 3 rings (SSSR count). The molecule has 2 heterocycles. The summed E-state index contributed by atoms with van der Waals surface area (Å²) < 4.78 is 0. The first-order valence-electron chi connectivity index (χ1n) is 6.60. The fourth-order valence-electron chi connectivity index (χ4n) is 3.42. The molecule has 0 aromatic carbocycles. The summed E-state index contributed by atoms with van der Waals surface area (Å²) in [5, 5.41) is 12.3. The summed E-state index contributed by atoms with van der Waals surface area (Å²) in [7, 11) is 0. The van der Waals surface area contributed by atoms with Crippen LogP contribution in [0.5, 0.6) is 0 Å². The summed E-state index contributed by atoms with van der Waals surface area (Å²) in [5.74, 6) is -0.152. The van der Waals surface area contributed by atoms with Gasteiger partial charge in [-0.25, -0.2) is 9.78 Å². The van der Waals surface area contributed by atoms with Gasteiger partial charge in [0.2, 0.25) is 0 Å². The first-order valence-corrected chi connectivity index (χ1v) is 7.48. The zero-order valence-electron chi connectivity index (χ0n) is 10.5. The average Bonchev–Trinajstić information content (AvgIpc) is 2.92. The lowest BCUT2D eigenvalue weighted by Crippen LogP contribution is -2.42. The largest absolute Gasteiger partial charge is 0.480 e. The van der Waals surface area contributed by atoms with Crippen LogP contribution < -0.4 is 4.90 Å². The lowest BCUT2D eigenvalue weighted by molar-refractivity contribution is -0.138. The second-order valence-corrected chi connectivity index (χ2v) is 6.22. The van der Waals surface area contributed by atoms with Crippen LogP contribution in [-0.2, 0) is 4.79 Å². The minimum Gasteiger partial charge on any atom is -0.480 e. The smallest absolute Gasteiger partial charge is 0.326 e. The molecule has 1 aromatic rings. The molecule has 0 spiro atoms. The molecular formula is C13H18N2O2S. The van der Waals surface area contributed by atoms with Crippen LogP contribution in [0.2, 0.25) is 0 Å². The first kappa shape index (κ1) is 12.0. The van der Waals surface area contributed by atoms with E-state index in [9.17, 15) is 9.90 Å². The van der Waals surface area contributed by atoms with Crippen molar-refractivity contribution >= 4 is 22.4 Å². The molecular weight excluding hydrogens is 248 g/mol. The summed E-state index contributed by atoms with van der Waals surface area (Å²) in [6.07, 6.45) is 5.55. The quantitative estimate of drug-likeness (QED) is 0.894. The summed E-state index contributed by atoms with van der Waals surface area (Å²) in [4.78, 5) is 18.1. The highest BCUT2D eigenvalue weighted by atomic mass is 32.1. The monoisotopic (exact) mass is 266 g/mol. The molecule has 1 aliphatic heterocycles. The van der Waals surface area contributed by atoms with E-state index in [2.05, 4.69) is 9.88 Å². The Labute approximate surface area is 111 Å². The van der Waals surface area contributed by atoms with Crippen molar-refractivity contribution in [2.75, 3.05) is 4.90 Å². The van der Waals surface area contributed by atoms with E-state index in [0.29, 0.717) is 12.0 Å². The molecule has 1 aromatic heterocycles. The molecule has 0 amide bonds. The third kappa shape index (κ3) is 1.90. The normalized spacial score (nSPS) is 31.4. The van der Waals surface area contributed by atoms with Gasteiger partial charge in [0.15, 0.2) is 5.13 Å². The number of aliphatic carboxylic acids is 1. The minimum absolute atomic E-state index is 0.372. The van der Waals surface area contributed by atoms with Crippen molar-refractivity contribution in [2.24, 2.45) is 5.92 Å². The molecule has 3 unspecified atom stereocenters. The zero-order valence-corrected chi connectivity index (χ0v) is 11.3. The van der Waals surface area contributed by atoms with E-state index in [1.807, 2.05) is 12.3 Å². The van der Waals surface area contributed by atoms with E-state index in [0.717, 1.165) is 23.7 Å². The van der Waals surface area contributed by atoms with Crippen LogP contribution in [0.1, 0.15) is 37.8 Å². The number of carboxylic acids is 1. The molecule has 2 fully saturated rings. The number of hydrogen-bond acceptors (Lipinski definition) is 4. The van der Waals surface area contributed by atoms with Crippen LogP contribution in [0.4, 0.5) is 5.13 Å². The molecule has 0 radical (unpaired) electrons. The molecule has 98 valence electrons. The molecule has 0 bridgehead atoms. The van der Waals surface area contributed by atoms with Gasteiger partial charge in [-0.2, -0.15) is 0 Å².